The predicted octanol–water partition coefficient (Wildman–Crippen LogP) is 3.75. The summed E-state index contributed by atoms with van der Waals surface area (Å²) < 4.78 is 5.69. The van der Waals surface area contributed by atoms with Gasteiger partial charge in [0.1, 0.15) is 5.60 Å². The van der Waals surface area contributed by atoms with Crippen LogP contribution in [0.3, 0.4) is 0 Å². The lowest BCUT2D eigenvalue weighted by Gasteiger charge is -2.28. The summed E-state index contributed by atoms with van der Waals surface area (Å²) in [5, 5.41) is 0. The fraction of sp³-hybridized carbons (Fsp3) is 0.462. The van der Waals surface area contributed by atoms with Gasteiger partial charge in [-0.1, -0.05) is 12.7 Å². The molecule has 1 nitrogen and oxygen atoms in total. The van der Waals surface area contributed by atoms with E-state index in [0.29, 0.717) is 0 Å². The standard InChI is InChI=1S/C13H18O/c1-4-12(2)8-11-14-13(3)9-6-5-7-10-13/h6,8-9,11H,1,5,7,10H2,2-3H3/b11-8+. The second-order valence-electron chi connectivity index (χ2n) is 3.89. The zero-order valence-corrected chi connectivity index (χ0v) is 9.05. The number of ether oxygens (including phenoxy) is 1. The van der Waals surface area contributed by atoms with E-state index in [-0.39, 0.29) is 5.60 Å². The molecule has 0 amide bonds. The molecule has 0 saturated heterocycles. The van der Waals surface area contributed by atoms with Crippen LogP contribution >= 0.6 is 0 Å². The monoisotopic (exact) mass is 190 g/mol. The van der Waals surface area contributed by atoms with Crippen LogP contribution in [0.2, 0.25) is 0 Å². The quantitative estimate of drug-likeness (QED) is 0.285. The van der Waals surface area contributed by atoms with Crippen molar-refractivity contribution in [1.29, 1.82) is 0 Å². The SMILES string of the molecule is C=C=C(C)/C=C/OC1(C)C=CCCC1. The molecule has 0 saturated carbocycles. The van der Waals surface area contributed by atoms with Crippen molar-refractivity contribution in [3.05, 3.63) is 42.4 Å². The molecular formula is C13H18O. The van der Waals surface area contributed by atoms with Crippen LogP contribution in [0.5, 0.6) is 0 Å². The molecular weight excluding hydrogens is 172 g/mol. The maximum atomic E-state index is 5.69. The van der Waals surface area contributed by atoms with Gasteiger partial charge in [0, 0.05) is 0 Å². The largest absolute Gasteiger partial charge is 0.491 e. The molecule has 1 atom stereocenters. The third kappa shape index (κ3) is 3.27. The summed E-state index contributed by atoms with van der Waals surface area (Å²) in [6.45, 7) is 7.62. The third-order valence-electron chi connectivity index (χ3n) is 2.45. The lowest BCUT2D eigenvalue weighted by Crippen LogP contribution is -2.25. The van der Waals surface area contributed by atoms with E-state index in [4.69, 9.17) is 4.74 Å². The lowest BCUT2D eigenvalue weighted by molar-refractivity contribution is 0.0714. The number of allylic oxidation sites excluding steroid dienone is 3. The Kier molecular flexibility index (Phi) is 3.79. The first-order chi connectivity index (χ1) is 6.66. The van der Waals surface area contributed by atoms with Gasteiger partial charge in [0.15, 0.2) is 0 Å². The average molecular weight is 190 g/mol. The Hall–Kier alpha value is -1.20. The fourth-order valence-corrected chi connectivity index (χ4v) is 1.44. The highest BCUT2D eigenvalue weighted by molar-refractivity contribution is 5.13. The van der Waals surface area contributed by atoms with E-state index < -0.39 is 0 Å². The Balaban J connectivity index is 2.51. The van der Waals surface area contributed by atoms with Gasteiger partial charge in [0.05, 0.1) is 6.26 Å². The van der Waals surface area contributed by atoms with Gasteiger partial charge < -0.3 is 4.74 Å². The molecule has 0 bridgehead atoms. The van der Waals surface area contributed by atoms with Crippen LogP contribution in [0.15, 0.2) is 42.4 Å². The normalized spacial score (nSPS) is 26.1. The van der Waals surface area contributed by atoms with Crippen LogP contribution in [-0.4, -0.2) is 5.60 Å². The highest BCUT2D eigenvalue weighted by atomic mass is 16.5. The summed E-state index contributed by atoms with van der Waals surface area (Å²) in [4.78, 5) is 0. The van der Waals surface area contributed by atoms with E-state index in [0.717, 1.165) is 12.0 Å². The van der Waals surface area contributed by atoms with Crippen molar-refractivity contribution in [2.24, 2.45) is 0 Å². The summed E-state index contributed by atoms with van der Waals surface area (Å²) in [6.07, 6.45) is 11.4. The van der Waals surface area contributed by atoms with Crippen molar-refractivity contribution in [3.8, 4) is 0 Å². The van der Waals surface area contributed by atoms with E-state index in [1.54, 1.807) is 6.26 Å². The summed E-state index contributed by atoms with van der Waals surface area (Å²) in [7, 11) is 0. The predicted molar refractivity (Wildman–Crippen MR) is 59.9 cm³/mol. The Morgan fingerprint density at radius 3 is 3.00 bits per heavy atom. The van der Waals surface area contributed by atoms with E-state index in [1.807, 2.05) is 13.0 Å². The number of rotatable bonds is 3. The van der Waals surface area contributed by atoms with Gasteiger partial charge in [0.25, 0.3) is 0 Å². The lowest BCUT2D eigenvalue weighted by atomic mass is 9.93. The van der Waals surface area contributed by atoms with Crippen LogP contribution in [0, 0.1) is 0 Å². The molecule has 0 spiro atoms. The van der Waals surface area contributed by atoms with Crippen molar-refractivity contribution in [2.45, 2.75) is 38.7 Å². The second-order valence-corrected chi connectivity index (χ2v) is 3.89. The Morgan fingerprint density at radius 2 is 2.43 bits per heavy atom. The summed E-state index contributed by atoms with van der Waals surface area (Å²) in [5.41, 5.74) is 3.68. The molecule has 0 heterocycles. The zero-order valence-electron chi connectivity index (χ0n) is 9.05. The van der Waals surface area contributed by atoms with Crippen LogP contribution in [-0.2, 0) is 4.74 Å². The van der Waals surface area contributed by atoms with Gasteiger partial charge in [-0.2, -0.15) is 0 Å². The molecule has 1 heteroatoms. The van der Waals surface area contributed by atoms with Crippen molar-refractivity contribution in [1.82, 2.24) is 0 Å². The summed E-state index contributed by atoms with van der Waals surface area (Å²) in [6, 6.07) is 0. The van der Waals surface area contributed by atoms with Crippen LogP contribution < -0.4 is 0 Å². The van der Waals surface area contributed by atoms with Gasteiger partial charge in [0.2, 0.25) is 0 Å². The second kappa shape index (κ2) is 4.88. The van der Waals surface area contributed by atoms with Crippen molar-refractivity contribution >= 4 is 0 Å². The minimum absolute atomic E-state index is 0.115. The van der Waals surface area contributed by atoms with E-state index in [9.17, 15) is 0 Å². The van der Waals surface area contributed by atoms with Gasteiger partial charge in [-0.05, 0) is 50.8 Å². The van der Waals surface area contributed by atoms with E-state index in [1.165, 1.54) is 12.8 Å². The first-order valence-electron chi connectivity index (χ1n) is 5.05. The molecule has 1 rings (SSSR count). The molecule has 0 aliphatic heterocycles. The molecule has 0 aromatic heterocycles. The molecule has 0 aromatic carbocycles. The van der Waals surface area contributed by atoms with Gasteiger partial charge in [-0.25, -0.2) is 0 Å². The number of hydrogen-bond donors (Lipinski definition) is 0. The topological polar surface area (TPSA) is 9.23 Å². The van der Waals surface area contributed by atoms with Crippen molar-refractivity contribution in [3.63, 3.8) is 0 Å². The van der Waals surface area contributed by atoms with Gasteiger partial charge in [-0.15, -0.1) is 5.73 Å². The Bertz CT molecular complexity index is 292. The molecule has 0 aromatic rings. The first-order valence-corrected chi connectivity index (χ1v) is 5.05. The molecule has 1 unspecified atom stereocenters. The van der Waals surface area contributed by atoms with Gasteiger partial charge in [-0.3, -0.25) is 0 Å². The van der Waals surface area contributed by atoms with E-state index in [2.05, 4.69) is 31.4 Å². The zero-order chi connectivity index (χ0) is 10.4. The molecule has 0 N–H and O–H groups in total. The Labute approximate surface area is 86.5 Å². The van der Waals surface area contributed by atoms with Gasteiger partial charge >= 0.3 is 0 Å². The average Bonchev–Trinajstić information content (AvgIpc) is 2.18. The maximum Gasteiger partial charge on any atom is 0.123 e. The van der Waals surface area contributed by atoms with Crippen LogP contribution in [0.25, 0.3) is 0 Å². The maximum absolute atomic E-state index is 5.69. The highest BCUT2D eigenvalue weighted by Crippen LogP contribution is 2.25. The Morgan fingerprint density at radius 1 is 1.64 bits per heavy atom. The minimum atomic E-state index is -0.115. The smallest absolute Gasteiger partial charge is 0.123 e. The third-order valence-corrected chi connectivity index (χ3v) is 2.45. The number of hydrogen-bond acceptors (Lipinski definition) is 1. The first kappa shape index (κ1) is 10.9. The molecule has 76 valence electrons. The highest BCUT2D eigenvalue weighted by Gasteiger charge is 2.22. The summed E-state index contributed by atoms with van der Waals surface area (Å²) >= 11 is 0. The fourth-order valence-electron chi connectivity index (χ4n) is 1.44. The molecule has 1 aliphatic rings. The molecule has 0 radical (unpaired) electrons. The van der Waals surface area contributed by atoms with E-state index >= 15 is 0 Å². The van der Waals surface area contributed by atoms with Crippen molar-refractivity contribution < 1.29 is 4.74 Å². The molecule has 1 aliphatic carbocycles. The molecule has 0 fully saturated rings. The van der Waals surface area contributed by atoms with Crippen LogP contribution in [0.1, 0.15) is 33.1 Å². The minimum Gasteiger partial charge on any atom is -0.491 e. The summed E-state index contributed by atoms with van der Waals surface area (Å²) in [5.74, 6) is 0. The molecule has 14 heavy (non-hydrogen) atoms. The van der Waals surface area contributed by atoms with Crippen LogP contribution in [0.4, 0.5) is 0 Å². The van der Waals surface area contributed by atoms with Crippen molar-refractivity contribution in [2.75, 3.05) is 0 Å².